The molecular formula is C15H16FNOS. The Bertz CT molecular complexity index is 542. The molecule has 2 aromatic carbocycles. The highest BCUT2D eigenvalue weighted by molar-refractivity contribution is 7.99. The molecule has 2 rings (SSSR count). The van der Waals surface area contributed by atoms with E-state index in [1.54, 1.807) is 12.1 Å². The molecule has 0 bridgehead atoms. The van der Waals surface area contributed by atoms with Crippen LogP contribution in [0.15, 0.2) is 47.4 Å². The zero-order valence-corrected chi connectivity index (χ0v) is 11.5. The molecule has 0 spiro atoms. The second-order valence-electron chi connectivity index (χ2n) is 4.20. The van der Waals surface area contributed by atoms with Gasteiger partial charge in [-0.3, -0.25) is 0 Å². The molecule has 0 atom stereocenters. The molecule has 2 nitrogen and oxygen atoms in total. The molecular weight excluding hydrogens is 261 g/mol. The summed E-state index contributed by atoms with van der Waals surface area (Å²) in [5, 5.41) is 0. The van der Waals surface area contributed by atoms with E-state index in [-0.39, 0.29) is 5.82 Å². The number of thioether (sulfide) groups is 1. The third kappa shape index (κ3) is 4.17. The van der Waals surface area contributed by atoms with E-state index in [0.717, 1.165) is 5.75 Å². The molecule has 2 N–H and O–H groups in total. The number of rotatable bonds is 5. The molecule has 19 heavy (non-hydrogen) atoms. The topological polar surface area (TPSA) is 35.2 Å². The zero-order valence-electron chi connectivity index (χ0n) is 10.7. The Hall–Kier alpha value is -1.68. The summed E-state index contributed by atoms with van der Waals surface area (Å²) in [6.45, 7) is 2.57. The molecule has 0 saturated heterocycles. The van der Waals surface area contributed by atoms with Crippen LogP contribution in [0.2, 0.25) is 0 Å². The van der Waals surface area contributed by atoms with E-state index in [9.17, 15) is 4.39 Å². The van der Waals surface area contributed by atoms with Crippen LogP contribution in [0.5, 0.6) is 5.75 Å². The average Bonchev–Trinajstić information content (AvgIpc) is 2.39. The molecule has 0 aliphatic rings. The van der Waals surface area contributed by atoms with Crippen molar-refractivity contribution >= 4 is 17.4 Å². The number of hydrogen-bond acceptors (Lipinski definition) is 3. The van der Waals surface area contributed by atoms with Crippen molar-refractivity contribution in [3.63, 3.8) is 0 Å². The van der Waals surface area contributed by atoms with Crippen molar-refractivity contribution in [3.8, 4) is 5.75 Å². The van der Waals surface area contributed by atoms with Gasteiger partial charge in [0.05, 0.1) is 6.61 Å². The molecule has 0 aliphatic carbocycles. The standard InChI is InChI=1S/C15H16FNOS/c1-11-2-5-13(6-3-11)18-8-9-19-15-7-4-12(17)10-14(15)16/h2-7,10H,8-9,17H2,1H3. The third-order valence-electron chi connectivity index (χ3n) is 2.59. The second-order valence-corrected chi connectivity index (χ2v) is 5.34. The zero-order chi connectivity index (χ0) is 13.7. The van der Waals surface area contributed by atoms with E-state index in [4.69, 9.17) is 10.5 Å². The normalized spacial score (nSPS) is 10.4. The number of nitrogens with two attached hydrogens (primary N) is 1. The Kier molecular flexibility index (Phi) is 4.68. The lowest BCUT2D eigenvalue weighted by Crippen LogP contribution is -2.00. The highest BCUT2D eigenvalue weighted by Crippen LogP contribution is 2.23. The lowest BCUT2D eigenvalue weighted by Gasteiger charge is -2.07. The molecule has 0 amide bonds. The van der Waals surface area contributed by atoms with Gasteiger partial charge in [0.25, 0.3) is 0 Å². The monoisotopic (exact) mass is 277 g/mol. The summed E-state index contributed by atoms with van der Waals surface area (Å²) in [4.78, 5) is 0.599. The van der Waals surface area contributed by atoms with Crippen molar-refractivity contribution in [1.29, 1.82) is 0 Å². The minimum Gasteiger partial charge on any atom is -0.493 e. The smallest absolute Gasteiger partial charge is 0.138 e. The molecule has 100 valence electrons. The summed E-state index contributed by atoms with van der Waals surface area (Å²) in [5.74, 6) is 1.25. The van der Waals surface area contributed by atoms with Gasteiger partial charge in [-0.1, -0.05) is 17.7 Å². The quantitative estimate of drug-likeness (QED) is 0.511. The molecule has 4 heteroatoms. The summed E-state index contributed by atoms with van der Waals surface area (Å²) in [6.07, 6.45) is 0. The summed E-state index contributed by atoms with van der Waals surface area (Å²) in [5.41, 5.74) is 7.14. The number of halogens is 1. The highest BCUT2D eigenvalue weighted by Gasteiger charge is 2.03. The van der Waals surface area contributed by atoms with E-state index in [1.807, 2.05) is 31.2 Å². The highest BCUT2D eigenvalue weighted by atomic mass is 32.2. The molecule has 0 unspecified atom stereocenters. The molecule has 0 saturated carbocycles. The van der Waals surface area contributed by atoms with Crippen molar-refractivity contribution < 1.29 is 9.13 Å². The van der Waals surface area contributed by atoms with Crippen molar-refractivity contribution in [2.75, 3.05) is 18.1 Å². The van der Waals surface area contributed by atoms with E-state index in [0.29, 0.717) is 22.9 Å². The van der Waals surface area contributed by atoms with Gasteiger partial charge in [0.1, 0.15) is 11.6 Å². The van der Waals surface area contributed by atoms with Crippen LogP contribution < -0.4 is 10.5 Å². The van der Waals surface area contributed by atoms with Crippen LogP contribution in [0.1, 0.15) is 5.56 Å². The second kappa shape index (κ2) is 6.48. The first-order valence-electron chi connectivity index (χ1n) is 6.02. The first kappa shape index (κ1) is 13.7. The predicted octanol–water partition coefficient (Wildman–Crippen LogP) is 3.89. The maximum absolute atomic E-state index is 13.5. The van der Waals surface area contributed by atoms with Crippen molar-refractivity contribution in [2.24, 2.45) is 0 Å². The maximum atomic E-state index is 13.5. The van der Waals surface area contributed by atoms with Crippen LogP contribution >= 0.6 is 11.8 Å². The van der Waals surface area contributed by atoms with Gasteiger partial charge in [-0.15, -0.1) is 11.8 Å². The van der Waals surface area contributed by atoms with Crippen LogP contribution in [0.4, 0.5) is 10.1 Å². The minimum atomic E-state index is -0.277. The summed E-state index contributed by atoms with van der Waals surface area (Å²) in [6, 6.07) is 12.6. The lowest BCUT2D eigenvalue weighted by atomic mass is 10.2. The van der Waals surface area contributed by atoms with Crippen LogP contribution in [0.25, 0.3) is 0 Å². The predicted molar refractivity (Wildman–Crippen MR) is 78.2 cm³/mol. The van der Waals surface area contributed by atoms with Crippen molar-refractivity contribution in [3.05, 3.63) is 53.8 Å². The first-order valence-corrected chi connectivity index (χ1v) is 7.01. The molecule has 0 fully saturated rings. The maximum Gasteiger partial charge on any atom is 0.138 e. The van der Waals surface area contributed by atoms with E-state index < -0.39 is 0 Å². The fourth-order valence-electron chi connectivity index (χ4n) is 1.58. The SMILES string of the molecule is Cc1ccc(OCCSc2ccc(N)cc2F)cc1. The largest absolute Gasteiger partial charge is 0.493 e. The van der Waals surface area contributed by atoms with E-state index >= 15 is 0 Å². The van der Waals surface area contributed by atoms with Gasteiger partial charge >= 0.3 is 0 Å². The fraction of sp³-hybridized carbons (Fsp3) is 0.200. The fourth-order valence-corrected chi connectivity index (χ4v) is 2.33. The van der Waals surface area contributed by atoms with E-state index in [2.05, 4.69) is 0 Å². The van der Waals surface area contributed by atoms with Gasteiger partial charge in [-0.25, -0.2) is 4.39 Å². The van der Waals surface area contributed by atoms with Gasteiger partial charge in [-0.05, 0) is 37.3 Å². The Balaban J connectivity index is 1.79. The molecule has 0 radical (unpaired) electrons. The van der Waals surface area contributed by atoms with Gasteiger partial charge in [0.15, 0.2) is 0 Å². The molecule has 2 aromatic rings. The Morgan fingerprint density at radius 2 is 1.89 bits per heavy atom. The van der Waals surface area contributed by atoms with Gasteiger partial charge < -0.3 is 10.5 Å². The Labute approximate surface area is 116 Å². The number of ether oxygens (including phenoxy) is 1. The van der Waals surface area contributed by atoms with Gasteiger partial charge in [-0.2, -0.15) is 0 Å². The Morgan fingerprint density at radius 3 is 2.58 bits per heavy atom. The number of anilines is 1. The van der Waals surface area contributed by atoms with Crippen molar-refractivity contribution in [2.45, 2.75) is 11.8 Å². The van der Waals surface area contributed by atoms with Crippen molar-refractivity contribution in [1.82, 2.24) is 0 Å². The summed E-state index contributed by atoms with van der Waals surface area (Å²) in [7, 11) is 0. The number of aryl methyl sites for hydroxylation is 1. The van der Waals surface area contributed by atoms with Crippen LogP contribution in [-0.4, -0.2) is 12.4 Å². The third-order valence-corrected chi connectivity index (χ3v) is 3.60. The van der Waals surface area contributed by atoms with Crippen LogP contribution in [0.3, 0.4) is 0 Å². The van der Waals surface area contributed by atoms with Crippen LogP contribution in [-0.2, 0) is 0 Å². The summed E-state index contributed by atoms with van der Waals surface area (Å²) < 4.78 is 19.1. The first-order chi connectivity index (χ1) is 9.15. The average molecular weight is 277 g/mol. The molecule has 0 aromatic heterocycles. The minimum absolute atomic E-state index is 0.277. The molecule has 0 heterocycles. The molecule has 0 aliphatic heterocycles. The van der Waals surface area contributed by atoms with E-state index in [1.165, 1.54) is 23.4 Å². The number of hydrogen-bond donors (Lipinski definition) is 1. The van der Waals surface area contributed by atoms with Crippen LogP contribution in [0, 0.1) is 12.7 Å². The van der Waals surface area contributed by atoms with Gasteiger partial charge in [0.2, 0.25) is 0 Å². The number of nitrogen functional groups attached to an aromatic ring is 1. The summed E-state index contributed by atoms with van der Waals surface area (Å²) >= 11 is 1.42. The number of benzene rings is 2. The lowest BCUT2D eigenvalue weighted by molar-refractivity contribution is 0.344. The Morgan fingerprint density at radius 1 is 1.16 bits per heavy atom. The van der Waals surface area contributed by atoms with Gasteiger partial charge in [0, 0.05) is 16.3 Å².